The van der Waals surface area contributed by atoms with E-state index < -0.39 is 0 Å². The molecule has 0 saturated carbocycles. The summed E-state index contributed by atoms with van der Waals surface area (Å²) < 4.78 is 5.47. The molecule has 1 aliphatic rings. The molecule has 1 aliphatic heterocycles. The molecule has 1 amide bonds. The van der Waals surface area contributed by atoms with Gasteiger partial charge in [-0.15, -0.1) is 0 Å². The number of quaternary nitrogens is 1. The Morgan fingerprint density at radius 2 is 1.83 bits per heavy atom. The first-order valence-corrected chi connectivity index (χ1v) is 11.4. The lowest BCUT2D eigenvalue weighted by molar-refractivity contribution is -0.909. The van der Waals surface area contributed by atoms with Gasteiger partial charge in [0, 0.05) is 17.8 Å². The summed E-state index contributed by atoms with van der Waals surface area (Å²) in [5.74, 6) is 0.0688. The van der Waals surface area contributed by atoms with Crippen molar-refractivity contribution in [3.63, 3.8) is 0 Å². The zero-order valence-corrected chi connectivity index (χ0v) is 18.3. The van der Waals surface area contributed by atoms with Gasteiger partial charge in [0.15, 0.2) is 5.16 Å². The maximum atomic E-state index is 12.8. The van der Waals surface area contributed by atoms with Gasteiger partial charge >= 0.3 is 0 Å². The van der Waals surface area contributed by atoms with Crippen molar-refractivity contribution in [2.24, 2.45) is 0 Å². The Labute approximate surface area is 177 Å². The number of nitrogens with zero attached hydrogens (tertiary/aromatic N) is 2. The summed E-state index contributed by atoms with van der Waals surface area (Å²) in [6, 6.07) is 10.3. The predicted octanol–water partition coefficient (Wildman–Crippen LogP) is 1.52. The molecule has 156 valence electrons. The lowest BCUT2D eigenvalue weighted by Gasteiger charge is -2.28. The molecule has 1 atom stereocenters. The van der Waals surface area contributed by atoms with E-state index in [1.54, 1.807) is 0 Å². The standard InChI is InChI=1S/C22H30N4O2S/c1-16-19(17(2)24-22(23-16)29-3)9-10-21(27)25-20(18-7-5-4-6-8-18)15-26-11-13-28-14-12-26/h4-8,20H,9-15H2,1-3H3,(H,25,27)/p+1/t20-/m1/s1. The fourth-order valence-electron chi connectivity index (χ4n) is 3.76. The zero-order chi connectivity index (χ0) is 20.6. The van der Waals surface area contributed by atoms with Crippen LogP contribution in [-0.2, 0) is 16.0 Å². The van der Waals surface area contributed by atoms with Crippen LogP contribution in [0.1, 0.15) is 35.0 Å². The average molecular weight is 416 g/mol. The number of ether oxygens (including phenoxy) is 1. The molecule has 1 aromatic carbocycles. The van der Waals surface area contributed by atoms with Crippen molar-refractivity contribution in [2.45, 2.75) is 37.9 Å². The fraction of sp³-hybridized carbons (Fsp3) is 0.500. The third-order valence-electron chi connectivity index (χ3n) is 5.41. The third-order valence-corrected chi connectivity index (χ3v) is 5.96. The highest BCUT2D eigenvalue weighted by molar-refractivity contribution is 7.98. The number of morpholine rings is 1. The van der Waals surface area contributed by atoms with Gasteiger partial charge in [-0.3, -0.25) is 4.79 Å². The number of aromatic nitrogens is 2. The van der Waals surface area contributed by atoms with Gasteiger partial charge in [-0.2, -0.15) is 0 Å². The molecule has 0 spiro atoms. The predicted molar refractivity (Wildman–Crippen MR) is 115 cm³/mol. The highest BCUT2D eigenvalue weighted by Crippen LogP contribution is 2.17. The molecule has 0 radical (unpaired) electrons. The number of nitrogens with one attached hydrogen (secondary N) is 2. The number of carbonyl (C=O) groups is 1. The maximum absolute atomic E-state index is 12.8. The van der Waals surface area contributed by atoms with Crippen LogP contribution in [0.3, 0.4) is 0 Å². The molecule has 0 aliphatic carbocycles. The molecule has 7 heteroatoms. The SMILES string of the molecule is CSc1nc(C)c(CCC(=O)N[C@H](C[NH+]2CCOCC2)c2ccccc2)c(C)n1. The van der Waals surface area contributed by atoms with Crippen molar-refractivity contribution in [1.82, 2.24) is 15.3 Å². The van der Waals surface area contributed by atoms with Gasteiger partial charge in [-0.25, -0.2) is 9.97 Å². The molecular weight excluding hydrogens is 384 g/mol. The number of hydrogen-bond donors (Lipinski definition) is 2. The number of carbonyl (C=O) groups excluding carboxylic acids is 1. The van der Waals surface area contributed by atoms with Gasteiger partial charge in [-0.1, -0.05) is 42.1 Å². The largest absolute Gasteiger partial charge is 0.370 e. The molecule has 1 fully saturated rings. The van der Waals surface area contributed by atoms with Crippen molar-refractivity contribution in [2.75, 3.05) is 39.1 Å². The van der Waals surface area contributed by atoms with Gasteiger partial charge in [0.05, 0.1) is 13.2 Å². The van der Waals surface area contributed by atoms with Crippen molar-refractivity contribution < 1.29 is 14.4 Å². The average Bonchev–Trinajstić information content (AvgIpc) is 2.74. The van der Waals surface area contributed by atoms with Gasteiger partial charge < -0.3 is 15.0 Å². The van der Waals surface area contributed by atoms with E-state index in [4.69, 9.17) is 4.74 Å². The molecule has 0 unspecified atom stereocenters. The monoisotopic (exact) mass is 415 g/mol. The Bertz CT molecular complexity index is 787. The van der Waals surface area contributed by atoms with Crippen LogP contribution in [0.4, 0.5) is 0 Å². The van der Waals surface area contributed by atoms with Crippen molar-refractivity contribution in [3.05, 3.63) is 52.8 Å². The normalized spacial score (nSPS) is 15.8. The molecule has 1 saturated heterocycles. The second-order valence-corrected chi connectivity index (χ2v) is 8.23. The van der Waals surface area contributed by atoms with Crippen LogP contribution in [0.5, 0.6) is 0 Å². The quantitative estimate of drug-likeness (QED) is 0.505. The van der Waals surface area contributed by atoms with Gasteiger partial charge in [0.2, 0.25) is 5.91 Å². The number of aryl methyl sites for hydroxylation is 2. The Hall–Kier alpha value is -1.96. The lowest BCUT2D eigenvalue weighted by atomic mass is 10.0. The summed E-state index contributed by atoms with van der Waals surface area (Å²) in [4.78, 5) is 23.3. The van der Waals surface area contributed by atoms with E-state index >= 15 is 0 Å². The Morgan fingerprint density at radius 1 is 1.17 bits per heavy atom. The Balaban J connectivity index is 1.64. The zero-order valence-electron chi connectivity index (χ0n) is 17.5. The first-order chi connectivity index (χ1) is 14.1. The molecule has 0 bridgehead atoms. The minimum atomic E-state index is 0.00844. The van der Waals surface area contributed by atoms with E-state index in [1.165, 1.54) is 16.7 Å². The molecule has 1 aromatic heterocycles. The molecule has 6 nitrogen and oxygen atoms in total. The smallest absolute Gasteiger partial charge is 0.221 e. The third kappa shape index (κ3) is 6.26. The summed E-state index contributed by atoms with van der Waals surface area (Å²) in [5.41, 5.74) is 4.16. The minimum Gasteiger partial charge on any atom is -0.370 e. The van der Waals surface area contributed by atoms with Crippen molar-refractivity contribution >= 4 is 17.7 Å². The van der Waals surface area contributed by atoms with Gasteiger partial charge in [0.1, 0.15) is 25.7 Å². The van der Waals surface area contributed by atoms with Crippen molar-refractivity contribution in [1.29, 1.82) is 0 Å². The van der Waals surface area contributed by atoms with E-state index in [-0.39, 0.29) is 11.9 Å². The maximum Gasteiger partial charge on any atom is 0.221 e. The summed E-state index contributed by atoms with van der Waals surface area (Å²) >= 11 is 1.54. The fourth-order valence-corrected chi connectivity index (χ4v) is 4.21. The number of rotatable bonds is 8. The van der Waals surface area contributed by atoms with Gasteiger partial charge in [-0.05, 0) is 37.7 Å². The van der Waals surface area contributed by atoms with E-state index in [1.807, 2.05) is 38.3 Å². The number of thioether (sulfide) groups is 1. The van der Waals surface area contributed by atoms with Crippen molar-refractivity contribution in [3.8, 4) is 0 Å². The van der Waals surface area contributed by atoms with E-state index in [0.29, 0.717) is 12.8 Å². The van der Waals surface area contributed by atoms with E-state index in [2.05, 4.69) is 27.4 Å². The van der Waals surface area contributed by atoms with E-state index in [0.717, 1.165) is 60.5 Å². The summed E-state index contributed by atoms with van der Waals surface area (Å²) in [5, 5.41) is 4.05. The summed E-state index contributed by atoms with van der Waals surface area (Å²) in [6.45, 7) is 8.41. The van der Waals surface area contributed by atoms with Crippen LogP contribution in [0.2, 0.25) is 0 Å². The topological polar surface area (TPSA) is 68.5 Å². The first-order valence-electron chi connectivity index (χ1n) is 10.2. The highest BCUT2D eigenvalue weighted by Gasteiger charge is 2.23. The van der Waals surface area contributed by atoms with Crippen LogP contribution < -0.4 is 10.2 Å². The molecule has 3 rings (SSSR count). The summed E-state index contributed by atoms with van der Waals surface area (Å²) in [7, 11) is 0. The number of benzene rings is 1. The van der Waals surface area contributed by atoms with Crippen LogP contribution >= 0.6 is 11.8 Å². The summed E-state index contributed by atoms with van der Waals surface area (Å²) in [6.07, 6.45) is 3.07. The minimum absolute atomic E-state index is 0.00844. The Morgan fingerprint density at radius 3 is 2.45 bits per heavy atom. The Kier molecular flexibility index (Phi) is 8.03. The molecule has 2 aromatic rings. The first kappa shape index (κ1) is 21.7. The van der Waals surface area contributed by atoms with E-state index in [9.17, 15) is 4.79 Å². The second kappa shape index (κ2) is 10.7. The second-order valence-electron chi connectivity index (χ2n) is 7.46. The number of hydrogen-bond acceptors (Lipinski definition) is 5. The van der Waals surface area contributed by atoms with Crippen LogP contribution in [-0.4, -0.2) is 55.0 Å². The molecule has 2 heterocycles. The van der Waals surface area contributed by atoms with Crippen LogP contribution in [0.25, 0.3) is 0 Å². The molecule has 2 N–H and O–H groups in total. The molecular formula is C22H31N4O2S+. The lowest BCUT2D eigenvalue weighted by Crippen LogP contribution is -3.14. The van der Waals surface area contributed by atoms with Gasteiger partial charge in [0.25, 0.3) is 0 Å². The number of amides is 1. The van der Waals surface area contributed by atoms with Crippen LogP contribution in [0, 0.1) is 13.8 Å². The molecule has 29 heavy (non-hydrogen) atoms. The highest BCUT2D eigenvalue weighted by atomic mass is 32.2. The van der Waals surface area contributed by atoms with Crippen LogP contribution in [0.15, 0.2) is 35.5 Å².